The number of hydrogen-bond acceptors (Lipinski definition) is 2. The average molecular weight is 559 g/mol. The van der Waals surface area contributed by atoms with Crippen molar-refractivity contribution in [3.63, 3.8) is 0 Å². The van der Waals surface area contributed by atoms with Crippen LogP contribution in [0.4, 0.5) is 0 Å². The van der Waals surface area contributed by atoms with Gasteiger partial charge in [0.05, 0.1) is 13.2 Å². The minimum atomic E-state index is 0.752. The van der Waals surface area contributed by atoms with E-state index in [1.165, 1.54) is 141 Å². The van der Waals surface area contributed by atoms with Crippen LogP contribution in [0.25, 0.3) is 0 Å². The third kappa shape index (κ3) is 36.9. The summed E-state index contributed by atoms with van der Waals surface area (Å²) in [6.45, 7) is 7.81. The summed E-state index contributed by atoms with van der Waals surface area (Å²) in [5.74, 6) is 0. The summed E-state index contributed by atoms with van der Waals surface area (Å²) >= 11 is 0. The van der Waals surface area contributed by atoms with Crippen molar-refractivity contribution in [3.05, 3.63) is 48.6 Å². The van der Waals surface area contributed by atoms with E-state index in [-0.39, 0.29) is 0 Å². The Morgan fingerprint density at radius 1 is 0.300 bits per heavy atom. The number of rotatable bonds is 33. The number of unbranched alkanes of at least 4 members (excludes halogenated alkanes) is 18. The molecule has 0 aliphatic carbocycles. The van der Waals surface area contributed by atoms with Crippen LogP contribution in [0.2, 0.25) is 0 Å². The summed E-state index contributed by atoms with van der Waals surface area (Å²) in [6, 6.07) is 0. The van der Waals surface area contributed by atoms with Crippen molar-refractivity contribution in [2.45, 2.75) is 168 Å². The van der Waals surface area contributed by atoms with Gasteiger partial charge in [0.2, 0.25) is 0 Å². The van der Waals surface area contributed by atoms with Gasteiger partial charge in [0.1, 0.15) is 0 Å². The van der Waals surface area contributed by atoms with Gasteiger partial charge in [-0.25, -0.2) is 0 Å². The van der Waals surface area contributed by atoms with Crippen molar-refractivity contribution >= 4 is 0 Å². The second-order valence-electron chi connectivity index (χ2n) is 11.4. The summed E-state index contributed by atoms with van der Waals surface area (Å²) in [5, 5.41) is 0. The van der Waals surface area contributed by atoms with Gasteiger partial charge in [-0.1, -0.05) is 140 Å². The Balaban J connectivity index is 3.14. The van der Waals surface area contributed by atoms with Crippen molar-refractivity contribution in [3.8, 4) is 0 Å². The molecule has 2 nitrogen and oxygen atoms in total. The maximum absolute atomic E-state index is 5.74. The zero-order chi connectivity index (χ0) is 28.9. The van der Waals surface area contributed by atoms with E-state index >= 15 is 0 Å². The molecule has 0 fully saturated rings. The molecule has 0 aromatic rings. The molecule has 40 heavy (non-hydrogen) atoms. The molecule has 0 aliphatic heterocycles. The first-order valence-corrected chi connectivity index (χ1v) is 17.7. The van der Waals surface area contributed by atoms with Crippen LogP contribution in [0, 0.1) is 0 Å². The first kappa shape index (κ1) is 38.9. The molecule has 0 aromatic carbocycles. The molecular weight excluding hydrogens is 488 g/mol. The number of ether oxygens (including phenoxy) is 2. The van der Waals surface area contributed by atoms with Gasteiger partial charge in [-0.05, 0) is 77.0 Å². The molecule has 0 aliphatic rings. The quantitative estimate of drug-likeness (QED) is 0.0589. The van der Waals surface area contributed by atoms with Crippen LogP contribution < -0.4 is 0 Å². The van der Waals surface area contributed by atoms with Gasteiger partial charge in [0, 0.05) is 13.2 Å². The Morgan fingerprint density at radius 3 is 0.950 bits per heavy atom. The van der Waals surface area contributed by atoms with E-state index in [4.69, 9.17) is 9.47 Å². The lowest BCUT2D eigenvalue weighted by Gasteiger charge is -2.06. The number of allylic oxidation sites excluding steroid dienone is 8. The van der Waals surface area contributed by atoms with Crippen LogP contribution in [0.5, 0.6) is 0 Å². The lowest BCUT2D eigenvalue weighted by atomic mass is 10.1. The smallest absolute Gasteiger partial charge is 0.0700 e. The second kappa shape index (κ2) is 37.9. The highest BCUT2D eigenvalue weighted by atomic mass is 16.5. The first-order valence-electron chi connectivity index (χ1n) is 17.7. The molecule has 0 rings (SSSR count). The molecule has 0 saturated heterocycles. The van der Waals surface area contributed by atoms with Crippen LogP contribution >= 0.6 is 0 Å². The van der Waals surface area contributed by atoms with Crippen LogP contribution in [-0.4, -0.2) is 26.4 Å². The summed E-state index contributed by atoms with van der Waals surface area (Å²) in [4.78, 5) is 0. The Kier molecular flexibility index (Phi) is 36.8. The third-order valence-electron chi connectivity index (χ3n) is 7.35. The minimum Gasteiger partial charge on any atom is -0.379 e. The molecule has 0 radical (unpaired) electrons. The van der Waals surface area contributed by atoms with Gasteiger partial charge < -0.3 is 9.47 Å². The van der Waals surface area contributed by atoms with Crippen LogP contribution in [0.3, 0.4) is 0 Å². The van der Waals surface area contributed by atoms with E-state index in [1.54, 1.807) is 0 Å². The highest BCUT2D eigenvalue weighted by molar-refractivity contribution is 4.93. The van der Waals surface area contributed by atoms with Gasteiger partial charge in [0.15, 0.2) is 0 Å². The zero-order valence-corrected chi connectivity index (χ0v) is 27.2. The van der Waals surface area contributed by atoms with Crippen molar-refractivity contribution in [1.29, 1.82) is 0 Å². The number of hydrogen-bond donors (Lipinski definition) is 0. The summed E-state index contributed by atoms with van der Waals surface area (Å²) < 4.78 is 11.5. The Bertz CT molecular complexity index is 510. The molecule has 0 bridgehead atoms. The Labute approximate surface area is 252 Å². The van der Waals surface area contributed by atoms with Crippen molar-refractivity contribution < 1.29 is 9.47 Å². The van der Waals surface area contributed by atoms with Gasteiger partial charge in [0.25, 0.3) is 0 Å². The van der Waals surface area contributed by atoms with Crippen molar-refractivity contribution in [2.75, 3.05) is 26.4 Å². The Morgan fingerprint density at radius 2 is 0.600 bits per heavy atom. The Hall–Kier alpha value is -1.12. The first-order chi connectivity index (χ1) is 19.9. The minimum absolute atomic E-state index is 0.752. The molecule has 0 N–H and O–H groups in total. The summed E-state index contributed by atoms with van der Waals surface area (Å²) in [5.41, 5.74) is 0. The van der Waals surface area contributed by atoms with E-state index in [0.29, 0.717) is 0 Å². The van der Waals surface area contributed by atoms with Crippen molar-refractivity contribution in [2.24, 2.45) is 0 Å². The molecule has 0 unspecified atom stereocenters. The normalized spacial score (nSPS) is 12.3. The largest absolute Gasteiger partial charge is 0.379 e. The fourth-order valence-corrected chi connectivity index (χ4v) is 4.71. The molecule has 234 valence electrons. The highest BCUT2D eigenvalue weighted by Crippen LogP contribution is 2.10. The predicted octanol–water partition coefficient (Wildman–Crippen LogP) is 12.6. The molecule has 0 amide bonds. The van der Waals surface area contributed by atoms with Gasteiger partial charge in [-0.2, -0.15) is 0 Å². The molecule has 0 atom stereocenters. The van der Waals surface area contributed by atoms with Crippen molar-refractivity contribution in [1.82, 2.24) is 0 Å². The molecule has 0 saturated carbocycles. The zero-order valence-electron chi connectivity index (χ0n) is 27.2. The lowest BCUT2D eigenvalue weighted by molar-refractivity contribution is 0.0448. The average Bonchev–Trinajstić information content (AvgIpc) is 2.97. The molecule has 0 aromatic heterocycles. The van der Waals surface area contributed by atoms with E-state index in [9.17, 15) is 0 Å². The highest BCUT2D eigenvalue weighted by Gasteiger charge is 1.95. The maximum atomic E-state index is 5.74. The third-order valence-corrected chi connectivity index (χ3v) is 7.35. The topological polar surface area (TPSA) is 18.5 Å². The fraction of sp³-hybridized carbons (Fsp3) is 0.789. The van der Waals surface area contributed by atoms with E-state index in [1.807, 2.05) is 0 Å². The summed E-state index contributed by atoms with van der Waals surface area (Å²) in [7, 11) is 0. The van der Waals surface area contributed by atoms with Gasteiger partial charge in [-0.3, -0.25) is 0 Å². The molecule has 2 heteroatoms. The molecule has 0 spiro atoms. The summed E-state index contributed by atoms with van der Waals surface area (Å²) in [6.07, 6.45) is 49.7. The van der Waals surface area contributed by atoms with E-state index < -0.39 is 0 Å². The van der Waals surface area contributed by atoms with Gasteiger partial charge in [-0.15, -0.1) is 0 Å². The van der Waals surface area contributed by atoms with Gasteiger partial charge >= 0.3 is 0 Å². The predicted molar refractivity (Wildman–Crippen MR) is 180 cm³/mol. The van der Waals surface area contributed by atoms with E-state index in [2.05, 4.69) is 62.5 Å². The van der Waals surface area contributed by atoms with E-state index in [0.717, 1.165) is 39.3 Å². The standard InChI is InChI=1S/C38H70O2/c1-3-5-7-9-11-13-15-17-19-21-23-25-27-29-31-33-35-39-37-38-40-36-34-32-30-28-26-24-22-20-18-16-14-12-10-8-6-4-2/h11-14,17-20H,3-10,15-16,21-38H2,1-2H3/b13-11-,14-12-,19-17-,20-18-. The van der Waals surface area contributed by atoms with Crippen LogP contribution in [0.1, 0.15) is 168 Å². The van der Waals surface area contributed by atoms with Crippen LogP contribution in [0.15, 0.2) is 48.6 Å². The second-order valence-corrected chi connectivity index (χ2v) is 11.4. The van der Waals surface area contributed by atoms with Crippen LogP contribution in [-0.2, 0) is 9.47 Å². The fourth-order valence-electron chi connectivity index (χ4n) is 4.71. The SMILES string of the molecule is CCCCC/C=C\C/C=C\CCCCCCCCOCCOCCCCCCCC/C=C\C/C=C\CCCCC. The maximum Gasteiger partial charge on any atom is 0.0700 e. The molecule has 0 heterocycles. The molecular formula is C38H70O2. The lowest BCUT2D eigenvalue weighted by Crippen LogP contribution is -2.06. The monoisotopic (exact) mass is 559 g/mol.